The van der Waals surface area contributed by atoms with Crippen molar-refractivity contribution in [1.29, 1.82) is 0 Å². The Morgan fingerprint density at radius 2 is 2.22 bits per heavy atom. The van der Waals surface area contributed by atoms with Gasteiger partial charge in [-0.1, -0.05) is 0 Å². The number of aliphatic carboxylic acids is 1. The molecule has 0 bridgehead atoms. The Labute approximate surface area is 134 Å². The lowest BCUT2D eigenvalue weighted by molar-refractivity contribution is -0.149. The van der Waals surface area contributed by atoms with Gasteiger partial charge in [0.05, 0.1) is 25.5 Å². The average molecular weight is 323 g/mol. The fraction of sp³-hybridized carbons (Fsp3) is 0.600. The minimum atomic E-state index is -0.915. The molecule has 0 spiro atoms. The van der Waals surface area contributed by atoms with Gasteiger partial charge in [0.15, 0.2) is 0 Å². The molecule has 126 valence electrons. The van der Waals surface area contributed by atoms with E-state index in [1.165, 1.54) is 4.68 Å². The zero-order valence-electron chi connectivity index (χ0n) is 13.1. The second kappa shape index (κ2) is 7.75. The van der Waals surface area contributed by atoms with Crippen LogP contribution in [0.5, 0.6) is 0 Å². The van der Waals surface area contributed by atoms with Gasteiger partial charge in [-0.25, -0.2) is 0 Å². The van der Waals surface area contributed by atoms with Gasteiger partial charge in [0.1, 0.15) is 5.69 Å². The number of aryl methyl sites for hydroxylation is 1. The Morgan fingerprint density at radius 3 is 2.91 bits per heavy atom. The van der Waals surface area contributed by atoms with Gasteiger partial charge >= 0.3 is 11.9 Å². The van der Waals surface area contributed by atoms with E-state index in [0.717, 1.165) is 12.8 Å². The molecule has 0 aromatic carbocycles. The molecule has 1 aliphatic rings. The summed E-state index contributed by atoms with van der Waals surface area (Å²) in [7, 11) is 0. The minimum absolute atomic E-state index is 0.0516. The number of carbonyl (C=O) groups excluding carboxylic acids is 2. The molecule has 8 heteroatoms. The summed E-state index contributed by atoms with van der Waals surface area (Å²) in [4.78, 5) is 36.4. The standard InChI is InChI=1S/C15H21N3O5/c1-2-23-15(22)11-4-3-7-17(10-11)14(21)12-5-8-18(16-12)9-6-13(19)20/h5,8,11H,2-4,6-7,9-10H2,1H3,(H,19,20). The number of ether oxygens (including phenoxy) is 1. The van der Waals surface area contributed by atoms with Crippen LogP contribution in [0.3, 0.4) is 0 Å². The molecule has 1 aliphatic heterocycles. The molecule has 0 saturated carbocycles. The normalized spacial score (nSPS) is 17.8. The van der Waals surface area contributed by atoms with Crippen LogP contribution in [-0.4, -0.2) is 57.3 Å². The third-order valence-electron chi connectivity index (χ3n) is 3.74. The number of hydrogen-bond acceptors (Lipinski definition) is 5. The molecule has 1 unspecified atom stereocenters. The lowest BCUT2D eigenvalue weighted by Crippen LogP contribution is -2.43. The van der Waals surface area contributed by atoms with E-state index in [1.54, 1.807) is 24.1 Å². The predicted octanol–water partition coefficient (Wildman–Crippen LogP) is 0.773. The summed E-state index contributed by atoms with van der Waals surface area (Å²) >= 11 is 0. The molecule has 1 fully saturated rings. The highest BCUT2D eigenvalue weighted by Gasteiger charge is 2.30. The number of rotatable bonds is 6. The van der Waals surface area contributed by atoms with E-state index in [-0.39, 0.29) is 36.5 Å². The van der Waals surface area contributed by atoms with Crippen LogP contribution in [0.15, 0.2) is 12.3 Å². The van der Waals surface area contributed by atoms with Gasteiger partial charge in [0, 0.05) is 19.3 Å². The summed E-state index contributed by atoms with van der Waals surface area (Å²) in [6, 6.07) is 1.57. The molecule has 2 rings (SSSR count). The summed E-state index contributed by atoms with van der Waals surface area (Å²) < 4.78 is 6.46. The van der Waals surface area contributed by atoms with Crippen LogP contribution in [0.1, 0.15) is 36.7 Å². The van der Waals surface area contributed by atoms with Gasteiger partial charge in [-0.05, 0) is 25.8 Å². The van der Waals surface area contributed by atoms with Crippen molar-refractivity contribution < 1.29 is 24.2 Å². The predicted molar refractivity (Wildman–Crippen MR) is 79.7 cm³/mol. The van der Waals surface area contributed by atoms with Crippen molar-refractivity contribution in [3.63, 3.8) is 0 Å². The van der Waals surface area contributed by atoms with E-state index in [4.69, 9.17) is 9.84 Å². The van der Waals surface area contributed by atoms with E-state index in [9.17, 15) is 14.4 Å². The molecule has 8 nitrogen and oxygen atoms in total. The van der Waals surface area contributed by atoms with Crippen molar-refractivity contribution in [2.24, 2.45) is 5.92 Å². The topological polar surface area (TPSA) is 102 Å². The van der Waals surface area contributed by atoms with Gasteiger partial charge < -0.3 is 14.7 Å². The molecule has 1 saturated heterocycles. The molecule has 23 heavy (non-hydrogen) atoms. The summed E-state index contributed by atoms with van der Waals surface area (Å²) in [5.41, 5.74) is 0.264. The summed E-state index contributed by atoms with van der Waals surface area (Å²) in [6.45, 7) is 3.22. The molecule has 2 heterocycles. The molecule has 1 atom stereocenters. The van der Waals surface area contributed by atoms with Gasteiger partial charge in [0.25, 0.3) is 5.91 Å². The number of aromatic nitrogens is 2. The largest absolute Gasteiger partial charge is 0.481 e. The van der Waals surface area contributed by atoms with Gasteiger partial charge in [-0.3, -0.25) is 19.1 Å². The summed E-state index contributed by atoms with van der Waals surface area (Å²) in [5.74, 6) is -1.71. The minimum Gasteiger partial charge on any atom is -0.481 e. The van der Waals surface area contributed by atoms with Gasteiger partial charge in [-0.2, -0.15) is 5.10 Å². The third-order valence-corrected chi connectivity index (χ3v) is 3.74. The highest BCUT2D eigenvalue weighted by Crippen LogP contribution is 2.19. The molecule has 1 aromatic rings. The SMILES string of the molecule is CCOC(=O)C1CCCN(C(=O)c2ccn(CCC(=O)O)n2)C1. The molecule has 1 aromatic heterocycles. The molecule has 1 amide bonds. The number of amides is 1. The number of hydrogen-bond donors (Lipinski definition) is 1. The second-order valence-electron chi connectivity index (χ2n) is 5.45. The third kappa shape index (κ3) is 4.54. The number of carboxylic acid groups (broad SMARTS) is 1. The zero-order valence-corrected chi connectivity index (χ0v) is 13.1. The Bertz CT molecular complexity index is 583. The lowest BCUT2D eigenvalue weighted by atomic mass is 9.98. The first kappa shape index (κ1) is 17.0. The number of likely N-dealkylation sites (tertiary alicyclic amines) is 1. The summed E-state index contributed by atoms with van der Waals surface area (Å²) in [6.07, 6.45) is 3.00. The number of carbonyl (C=O) groups is 3. The molecule has 1 N–H and O–H groups in total. The van der Waals surface area contributed by atoms with Crippen molar-refractivity contribution in [3.8, 4) is 0 Å². The monoisotopic (exact) mass is 323 g/mol. The first-order valence-electron chi connectivity index (χ1n) is 7.72. The Kier molecular flexibility index (Phi) is 5.72. The molecular formula is C15H21N3O5. The zero-order chi connectivity index (χ0) is 16.8. The van der Waals surface area contributed by atoms with Crippen LogP contribution in [0.2, 0.25) is 0 Å². The number of nitrogens with zero attached hydrogens (tertiary/aromatic N) is 3. The number of carboxylic acids is 1. The van der Waals surface area contributed by atoms with E-state index in [2.05, 4.69) is 5.10 Å². The molecular weight excluding hydrogens is 302 g/mol. The first-order chi connectivity index (χ1) is 11.0. The molecule has 0 radical (unpaired) electrons. The quantitative estimate of drug-likeness (QED) is 0.776. The highest BCUT2D eigenvalue weighted by atomic mass is 16.5. The van der Waals surface area contributed by atoms with Gasteiger partial charge in [0.2, 0.25) is 0 Å². The van der Waals surface area contributed by atoms with Crippen molar-refractivity contribution in [1.82, 2.24) is 14.7 Å². The highest BCUT2D eigenvalue weighted by molar-refractivity contribution is 5.92. The number of piperidine rings is 1. The smallest absolute Gasteiger partial charge is 0.310 e. The maximum absolute atomic E-state index is 12.5. The van der Waals surface area contributed by atoms with Crippen LogP contribution in [0, 0.1) is 5.92 Å². The van der Waals surface area contributed by atoms with Crippen molar-refractivity contribution in [3.05, 3.63) is 18.0 Å². The van der Waals surface area contributed by atoms with Crippen molar-refractivity contribution in [2.45, 2.75) is 32.7 Å². The Hall–Kier alpha value is -2.38. The van der Waals surface area contributed by atoms with E-state index in [1.807, 2.05) is 0 Å². The van der Waals surface area contributed by atoms with Gasteiger partial charge in [-0.15, -0.1) is 0 Å². The van der Waals surface area contributed by atoms with E-state index < -0.39 is 5.97 Å². The van der Waals surface area contributed by atoms with Crippen molar-refractivity contribution >= 4 is 17.8 Å². The average Bonchev–Trinajstić information content (AvgIpc) is 3.01. The van der Waals surface area contributed by atoms with Crippen LogP contribution >= 0.6 is 0 Å². The Balaban J connectivity index is 1.96. The number of esters is 1. The second-order valence-corrected chi connectivity index (χ2v) is 5.45. The fourth-order valence-corrected chi connectivity index (χ4v) is 2.59. The maximum Gasteiger partial charge on any atom is 0.310 e. The van der Waals surface area contributed by atoms with Crippen LogP contribution in [-0.2, 0) is 20.9 Å². The van der Waals surface area contributed by atoms with E-state index in [0.29, 0.717) is 19.7 Å². The maximum atomic E-state index is 12.5. The molecule has 0 aliphatic carbocycles. The van der Waals surface area contributed by atoms with E-state index >= 15 is 0 Å². The fourth-order valence-electron chi connectivity index (χ4n) is 2.59. The first-order valence-corrected chi connectivity index (χ1v) is 7.72. The van der Waals surface area contributed by atoms with Crippen molar-refractivity contribution in [2.75, 3.05) is 19.7 Å². The van der Waals surface area contributed by atoms with Crippen LogP contribution in [0.25, 0.3) is 0 Å². The van der Waals surface area contributed by atoms with Crippen LogP contribution in [0.4, 0.5) is 0 Å². The van der Waals surface area contributed by atoms with Crippen LogP contribution < -0.4 is 0 Å². The Morgan fingerprint density at radius 1 is 1.43 bits per heavy atom. The lowest BCUT2D eigenvalue weighted by Gasteiger charge is -2.31. The summed E-state index contributed by atoms with van der Waals surface area (Å²) in [5, 5.41) is 12.8.